The van der Waals surface area contributed by atoms with Crippen LogP contribution >= 0.6 is 0 Å². The van der Waals surface area contributed by atoms with Crippen molar-refractivity contribution in [2.24, 2.45) is 10.7 Å². The highest BCUT2D eigenvalue weighted by atomic mass is 16.5. The number of ether oxygens (including phenoxy) is 2. The number of guanidine groups is 1. The molecule has 0 aliphatic carbocycles. The molecule has 0 aromatic heterocycles. The molecule has 0 fully saturated rings. The molecular formula is C21H29N3O2. The van der Waals surface area contributed by atoms with Gasteiger partial charge in [0.05, 0.1) is 20.8 Å². The SMILES string of the molecule is COc1ccc(CN=C(N)NCC(C)(C)c2ccc(C)cc2)cc1OC. The lowest BCUT2D eigenvalue weighted by atomic mass is 9.84. The Balaban J connectivity index is 1.96. The molecule has 0 aliphatic heterocycles. The van der Waals surface area contributed by atoms with E-state index < -0.39 is 0 Å². The highest BCUT2D eigenvalue weighted by Gasteiger charge is 2.20. The normalized spacial score (nSPS) is 12.0. The van der Waals surface area contributed by atoms with Gasteiger partial charge in [0.1, 0.15) is 0 Å². The van der Waals surface area contributed by atoms with E-state index in [0.29, 0.717) is 30.5 Å². The maximum atomic E-state index is 6.04. The lowest BCUT2D eigenvalue weighted by Crippen LogP contribution is -2.40. The van der Waals surface area contributed by atoms with Crippen molar-refractivity contribution >= 4 is 5.96 Å². The summed E-state index contributed by atoms with van der Waals surface area (Å²) in [5.41, 5.74) is 9.53. The van der Waals surface area contributed by atoms with Crippen LogP contribution in [-0.2, 0) is 12.0 Å². The fourth-order valence-corrected chi connectivity index (χ4v) is 2.63. The second-order valence-corrected chi connectivity index (χ2v) is 6.99. The van der Waals surface area contributed by atoms with E-state index in [1.165, 1.54) is 11.1 Å². The number of rotatable bonds is 7. The van der Waals surface area contributed by atoms with Gasteiger partial charge < -0.3 is 20.5 Å². The molecular weight excluding hydrogens is 326 g/mol. The van der Waals surface area contributed by atoms with Crippen molar-refractivity contribution < 1.29 is 9.47 Å². The molecule has 0 bridgehead atoms. The van der Waals surface area contributed by atoms with Gasteiger partial charge >= 0.3 is 0 Å². The minimum Gasteiger partial charge on any atom is -0.493 e. The molecule has 2 aromatic carbocycles. The van der Waals surface area contributed by atoms with Crippen molar-refractivity contribution in [2.75, 3.05) is 20.8 Å². The quantitative estimate of drug-likeness (QED) is 0.590. The summed E-state index contributed by atoms with van der Waals surface area (Å²) in [5, 5.41) is 3.23. The topological polar surface area (TPSA) is 68.9 Å². The Morgan fingerprint density at radius 3 is 2.31 bits per heavy atom. The first kappa shape index (κ1) is 19.6. The van der Waals surface area contributed by atoms with Gasteiger partial charge in [0.2, 0.25) is 0 Å². The number of nitrogens with zero attached hydrogens (tertiary/aromatic N) is 1. The number of nitrogens with two attached hydrogens (primary N) is 1. The van der Waals surface area contributed by atoms with Crippen LogP contribution in [0.4, 0.5) is 0 Å². The molecule has 0 radical (unpaired) electrons. The fraction of sp³-hybridized carbons (Fsp3) is 0.381. The van der Waals surface area contributed by atoms with Crippen LogP contribution in [0.15, 0.2) is 47.5 Å². The average molecular weight is 355 g/mol. The first-order valence-electron chi connectivity index (χ1n) is 8.67. The summed E-state index contributed by atoms with van der Waals surface area (Å²) in [4.78, 5) is 4.42. The predicted octanol–water partition coefficient (Wildman–Crippen LogP) is 3.39. The minimum absolute atomic E-state index is 0.0445. The molecule has 2 aromatic rings. The van der Waals surface area contributed by atoms with Crippen molar-refractivity contribution in [2.45, 2.75) is 32.7 Å². The molecule has 0 unspecified atom stereocenters. The molecule has 0 saturated carbocycles. The zero-order valence-corrected chi connectivity index (χ0v) is 16.3. The Morgan fingerprint density at radius 1 is 1.04 bits per heavy atom. The van der Waals surface area contributed by atoms with Crippen LogP contribution in [0.25, 0.3) is 0 Å². The van der Waals surface area contributed by atoms with E-state index in [-0.39, 0.29) is 5.41 Å². The third-order valence-corrected chi connectivity index (χ3v) is 4.42. The van der Waals surface area contributed by atoms with Gasteiger partial charge in [0.15, 0.2) is 17.5 Å². The van der Waals surface area contributed by atoms with Crippen molar-refractivity contribution in [3.05, 3.63) is 59.2 Å². The molecule has 5 heteroatoms. The Kier molecular flexibility index (Phi) is 6.50. The molecule has 2 rings (SSSR count). The van der Waals surface area contributed by atoms with Crippen molar-refractivity contribution in [3.8, 4) is 11.5 Å². The number of nitrogens with one attached hydrogen (secondary N) is 1. The van der Waals surface area contributed by atoms with E-state index in [1.54, 1.807) is 14.2 Å². The number of methoxy groups -OCH3 is 2. The zero-order chi connectivity index (χ0) is 19.2. The van der Waals surface area contributed by atoms with E-state index in [2.05, 4.69) is 55.3 Å². The lowest BCUT2D eigenvalue weighted by molar-refractivity contribution is 0.354. The molecule has 0 amide bonds. The van der Waals surface area contributed by atoms with E-state index in [9.17, 15) is 0 Å². The van der Waals surface area contributed by atoms with E-state index >= 15 is 0 Å². The summed E-state index contributed by atoms with van der Waals surface area (Å²) in [7, 11) is 3.24. The van der Waals surface area contributed by atoms with Gasteiger partial charge in [-0.3, -0.25) is 0 Å². The van der Waals surface area contributed by atoms with Crippen LogP contribution < -0.4 is 20.5 Å². The van der Waals surface area contributed by atoms with Gasteiger partial charge in [-0.25, -0.2) is 4.99 Å². The number of aryl methyl sites for hydroxylation is 1. The highest BCUT2D eigenvalue weighted by Crippen LogP contribution is 2.27. The van der Waals surface area contributed by atoms with Crippen LogP contribution in [0.3, 0.4) is 0 Å². The summed E-state index contributed by atoms with van der Waals surface area (Å²) in [6, 6.07) is 14.3. The summed E-state index contributed by atoms with van der Waals surface area (Å²) >= 11 is 0. The molecule has 5 nitrogen and oxygen atoms in total. The largest absolute Gasteiger partial charge is 0.493 e. The van der Waals surface area contributed by atoms with Gasteiger partial charge in [-0.1, -0.05) is 49.7 Å². The first-order chi connectivity index (χ1) is 12.4. The molecule has 0 spiro atoms. The van der Waals surface area contributed by atoms with E-state index in [4.69, 9.17) is 15.2 Å². The third kappa shape index (κ3) is 5.15. The van der Waals surface area contributed by atoms with Crippen molar-refractivity contribution in [1.29, 1.82) is 0 Å². The second-order valence-electron chi connectivity index (χ2n) is 6.99. The maximum Gasteiger partial charge on any atom is 0.188 e. The van der Waals surface area contributed by atoms with E-state index in [0.717, 1.165) is 5.56 Å². The monoisotopic (exact) mass is 355 g/mol. The first-order valence-corrected chi connectivity index (χ1v) is 8.67. The number of hydrogen-bond acceptors (Lipinski definition) is 3. The zero-order valence-electron chi connectivity index (χ0n) is 16.3. The van der Waals surface area contributed by atoms with Crippen molar-refractivity contribution in [3.63, 3.8) is 0 Å². The molecule has 3 N–H and O–H groups in total. The number of hydrogen-bond donors (Lipinski definition) is 2. The Labute approximate surface area is 156 Å². The molecule has 0 heterocycles. The van der Waals surface area contributed by atoms with Crippen LogP contribution in [0.1, 0.15) is 30.5 Å². The molecule has 0 saturated heterocycles. The average Bonchev–Trinajstić information content (AvgIpc) is 2.64. The Hall–Kier alpha value is -2.69. The van der Waals surface area contributed by atoms with Crippen LogP contribution in [0, 0.1) is 6.92 Å². The highest BCUT2D eigenvalue weighted by molar-refractivity contribution is 5.78. The second kappa shape index (κ2) is 8.61. The van der Waals surface area contributed by atoms with Crippen LogP contribution in [0.2, 0.25) is 0 Å². The molecule has 140 valence electrons. The smallest absolute Gasteiger partial charge is 0.188 e. The summed E-state index contributed by atoms with van der Waals surface area (Å²) in [5.74, 6) is 1.82. The molecule has 0 aliphatic rings. The molecule has 26 heavy (non-hydrogen) atoms. The number of benzene rings is 2. The summed E-state index contributed by atoms with van der Waals surface area (Å²) < 4.78 is 10.6. The minimum atomic E-state index is -0.0445. The third-order valence-electron chi connectivity index (χ3n) is 4.42. The Bertz CT molecular complexity index is 752. The van der Waals surface area contributed by atoms with Gasteiger partial charge in [0.25, 0.3) is 0 Å². The van der Waals surface area contributed by atoms with Gasteiger partial charge in [-0.15, -0.1) is 0 Å². The van der Waals surface area contributed by atoms with Crippen LogP contribution in [-0.4, -0.2) is 26.7 Å². The Morgan fingerprint density at radius 2 is 1.69 bits per heavy atom. The number of aliphatic imine (C=N–C) groups is 1. The summed E-state index contributed by atoms with van der Waals surface area (Å²) in [6.45, 7) is 7.65. The van der Waals surface area contributed by atoms with Gasteiger partial charge in [0, 0.05) is 12.0 Å². The standard InChI is InChI=1S/C21H29N3O2/c1-15-6-9-17(10-7-15)21(2,3)14-24-20(22)23-13-16-8-11-18(25-4)19(12-16)26-5/h6-12H,13-14H2,1-5H3,(H3,22,23,24). The predicted molar refractivity (Wildman–Crippen MR) is 107 cm³/mol. The lowest BCUT2D eigenvalue weighted by Gasteiger charge is -2.26. The van der Waals surface area contributed by atoms with Gasteiger partial charge in [-0.2, -0.15) is 0 Å². The van der Waals surface area contributed by atoms with Gasteiger partial charge in [-0.05, 0) is 30.2 Å². The van der Waals surface area contributed by atoms with Crippen molar-refractivity contribution in [1.82, 2.24) is 5.32 Å². The maximum absolute atomic E-state index is 6.04. The van der Waals surface area contributed by atoms with Crippen LogP contribution in [0.5, 0.6) is 11.5 Å². The molecule has 0 atom stereocenters. The summed E-state index contributed by atoms with van der Waals surface area (Å²) in [6.07, 6.45) is 0. The fourth-order valence-electron chi connectivity index (χ4n) is 2.63. The van der Waals surface area contributed by atoms with E-state index in [1.807, 2.05) is 18.2 Å².